The first-order valence-corrected chi connectivity index (χ1v) is 5.38. The first kappa shape index (κ1) is 8.78. The molecule has 0 aromatic heterocycles. The van der Waals surface area contributed by atoms with Crippen LogP contribution >= 0.6 is 34.2 Å². The third-order valence-electron chi connectivity index (χ3n) is 2.20. The van der Waals surface area contributed by atoms with Gasteiger partial charge in [0.25, 0.3) is 0 Å². The number of hydrogen-bond acceptors (Lipinski definition) is 1. The van der Waals surface area contributed by atoms with Gasteiger partial charge in [0.05, 0.1) is 5.02 Å². The van der Waals surface area contributed by atoms with E-state index in [0.717, 1.165) is 21.7 Å². The number of nitrogens with one attached hydrogen (secondary N) is 1. The number of hydrogen-bond donors (Lipinski definition) is 1. The van der Waals surface area contributed by atoms with Gasteiger partial charge in [0.15, 0.2) is 0 Å². The average Bonchev–Trinajstić information content (AvgIpc) is 1.93. The van der Waals surface area contributed by atoms with Crippen LogP contribution in [-0.4, -0.2) is 13.1 Å². The Morgan fingerprint density at radius 2 is 2.17 bits per heavy atom. The van der Waals surface area contributed by atoms with Crippen molar-refractivity contribution in [1.29, 1.82) is 0 Å². The third-order valence-corrected chi connectivity index (χ3v) is 3.74. The quantitative estimate of drug-likeness (QED) is 0.785. The summed E-state index contributed by atoms with van der Waals surface area (Å²) in [5.74, 6) is 0.704. The molecule has 12 heavy (non-hydrogen) atoms. The van der Waals surface area contributed by atoms with Crippen molar-refractivity contribution in [1.82, 2.24) is 5.32 Å². The highest BCUT2D eigenvalue weighted by atomic mass is 127. The highest BCUT2D eigenvalue weighted by molar-refractivity contribution is 14.1. The highest BCUT2D eigenvalue weighted by Gasteiger charge is 2.18. The Labute approximate surface area is 90.6 Å². The molecule has 0 aliphatic carbocycles. The summed E-state index contributed by atoms with van der Waals surface area (Å²) in [6, 6.07) is 6.28. The summed E-state index contributed by atoms with van der Waals surface area (Å²) in [4.78, 5) is 0. The molecule has 1 aliphatic rings. The van der Waals surface area contributed by atoms with Crippen LogP contribution in [0.2, 0.25) is 5.02 Å². The highest BCUT2D eigenvalue weighted by Crippen LogP contribution is 2.25. The Balaban J connectivity index is 2.27. The standard InChI is InChI=1S/C9H9ClIN/c10-8-2-1-6(3-9(8)11)7-4-12-5-7/h1-3,7,12H,4-5H2. The van der Waals surface area contributed by atoms with E-state index >= 15 is 0 Å². The van der Waals surface area contributed by atoms with Crippen molar-refractivity contribution in [2.75, 3.05) is 13.1 Å². The fourth-order valence-electron chi connectivity index (χ4n) is 1.29. The van der Waals surface area contributed by atoms with E-state index < -0.39 is 0 Å². The predicted molar refractivity (Wildman–Crippen MR) is 59.8 cm³/mol. The Kier molecular flexibility index (Phi) is 2.57. The van der Waals surface area contributed by atoms with Crippen molar-refractivity contribution in [2.24, 2.45) is 0 Å². The molecule has 0 spiro atoms. The second-order valence-electron chi connectivity index (χ2n) is 3.03. The Morgan fingerprint density at radius 1 is 1.42 bits per heavy atom. The minimum Gasteiger partial charge on any atom is -0.315 e. The van der Waals surface area contributed by atoms with E-state index in [1.165, 1.54) is 5.56 Å². The van der Waals surface area contributed by atoms with E-state index in [2.05, 4.69) is 40.0 Å². The smallest absolute Gasteiger partial charge is 0.0539 e. The van der Waals surface area contributed by atoms with Crippen molar-refractivity contribution in [3.05, 3.63) is 32.4 Å². The molecule has 64 valence electrons. The van der Waals surface area contributed by atoms with Gasteiger partial charge in [-0.25, -0.2) is 0 Å². The van der Waals surface area contributed by atoms with Gasteiger partial charge in [-0.05, 0) is 40.3 Å². The molecule has 1 fully saturated rings. The van der Waals surface area contributed by atoms with Crippen LogP contribution in [0.1, 0.15) is 11.5 Å². The monoisotopic (exact) mass is 293 g/mol. The van der Waals surface area contributed by atoms with E-state index in [9.17, 15) is 0 Å². The summed E-state index contributed by atoms with van der Waals surface area (Å²) in [5, 5.41) is 4.11. The zero-order chi connectivity index (χ0) is 8.55. The van der Waals surface area contributed by atoms with Crippen LogP contribution in [0.5, 0.6) is 0 Å². The summed E-state index contributed by atoms with van der Waals surface area (Å²) in [6.07, 6.45) is 0. The van der Waals surface area contributed by atoms with Crippen LogP contribution in [0, 0.1) is 3.57 Å². The molecule has 1 aliphatic heterocycles. The lowest BCUT2D eigenvalue weighted by Crippen LogP contribution is -2.39. The molecule has 0 bridgehead atoms. The molecule has 1 nitrogen and oxygen atoms in total. The lowest BCUT2D eigenvalue weighted by atomic mass is 9.94. The van der Waals surface area contributed by atoms with E-state index in [4.69, 9.17) is 11.6 Å². The maximum Gasteiger partial charge on any atom is 0.0539 e. The van der Waals surface area contributed by atoms with Crippen LogP contribution in [0.3, 0.4) is 0 Å². The van der Waals surface area contributed by atoms with Gasteiger partial charge >= 0.3 is 0 Å². The molecule has 1 N–H and O–H groups in total. The van der Waals surface area contributed by atoms with Crippen molar-refractivity contribution < 1.29 is 0 Å². The van der Waals surface area contributed by atoms with Gasteiger partial charge in [-0.3, -0.25) is 0 Å². The van der Waals surface area contributed by atoms with Gasteiger partial charge < -0.3 is 5.32 Å². The summed E-state index contributed by atoms with van der Waals surface area (Å²) >= 11 is 8.19. The van der Waals surface area contributed by atoms with E-state index in [-0.39, 0.29) is 0 Å². The zero-order valence-corrected chi connectivity index (χ0v) is 9.39. The molecule has 0 radical (unpaired) electrons. The Bertz CT molecular complexity index is 297. The molecule has 1 saturated heterocycles. The summed E-state index contributed by atoms with van der Waals surface area (Å²) < 4.78 is 1.15. The Morgan fingerprint density at radius 3 is 2.67 bits per heavy atom. The summed E-state index contributed by atoms with van der Waals surface area (Å²) in [7, 11) is 0. The van der Waals surface area contributed by atoms with Crippen molar-refractivity contribution in [3.63, 3.8) is 0 Å². The van der Waals surface area contributed by atoms with E-state index in [1.807, 2.05) is 6.07 Å². The second kappa shape index (κ2) is 3.52. The molecule has 1 heterocycles. The minimum absolute atomic E-state index is 0.704. The molecule has 0 unspecified atom stereocenters. The maximum atomic E-state index is 5.92. The molecule has 0 atom stereocenters. The van der Waals surface area contributed by atoms with Crippen LogP contribution in [0.15, 0.2) is 18.2 Å². The molecular formula is C9H9ClIN. The van der Waals surface area contributed by atoms with Gasteiger partial charge in [0.1, 0.15) is 0 Å². The second-order valence-corrected chi connectivity index (χ2v) is 4.60. The fraction of sp³-hybridized carbons (Fsp3) is 0.333. The fourth-order valence-corrected chi connectivity index (χ4v) is 1.95. The third kappa shape index (κ3) is 1.60. The Hall–Kier alpha value is 0.200. The largest absolute Gasteiger partial charge is 0.315 e. The summed E-state index contributed by atoms with van der Waals surface area (Å²) in [6.45, 7) is 2.22. The van der Waals surface area contributed by atoms with Gasteiger partial charge in [-0.2, -0.15) is 0 Å². The predicted octanol–water partition coefficient (Wildman–Crippen LogP) is 2.63. The zero-order valence-electron chi connectivity index (χ0n) is 6.48. The lowest BCUT2D eigenvalue weighted by molar-refractivity contribution is 0.448. The van der Waals surface area contributed by atoms with Gasteiger partial charge in [-0.15, -0.1) is 0 Å². The molecule has 0 amide bonds. The molecule has 1 aromatic rings. The van der Waals surface area contributed by atoms with Crippen molar-refractivity contribution in [3.8, 4) is 0 Å². The molecule has 1 aromatic carbocycles. The van der Waals surface area contributed by atoms with Crippen molar-refractivity contribution in [2.45, 2.75) is 5.92 Å². The van der Waals surface area contributed by atoms with Crippen LogP contribution in [0.25, 0.3) is 0 Å². The van der Waals surface area contributed by atoms with Crippen LogP contribution in [0.4, 0.5) is 0 Å². The normalized spacial score (nSPS) is 17.5. The molecule has 3 heteroatoms. The molecule has 2 rings (SSSR count). The number of halogens is 2. The van der Waals surface area contributed by atoms with Crippen molar-refractivity contribution >= 4 is 34.2 Å². The van der Waals surface area contributed by atoms with E-state index in [0.29, 0.717) is 5.92 Å². The van der Waals surface area contributed by atoms with Crippen LogP contribution < -0.4 is 5.32 Å². The SMILES string of the molecule is Clc1ccc(C2CNC2)cc1I. The van der Waals surface area contributed by atoms with Crippen LogP contribution in [-0.2, 0) is 0 Å². The molecule has 0 saturated carbocycles. The van der Waals surface area contributed by atoms with Gasteiger partial charge in [-0.1, -0.05) is 17.7 Å². The number of rotatable bonds is 1. The topological polar surface area (TPSA) is 12.0 Å². The average molecular weight is 294 g/mol. The first-order valence-electron chi connectivity index (χ1n) is 3.93. The van der Waals surface area contributed by atoms with Gasteiger partial charge in [0, 0.05) is 22.6 Å². The maximum absolute atomic E-state index is 5.92. The van der Waals surface area contributed by atoms with Gasteiger partial charge in [0.2, 0.25) is 0 Å². The number of benzene rings is 1. The van der Waals surface area contributed by atoms with E-state index in [1.54, 1.807) is 0 Å². The first-order chi connectivity index (χ1) is 5.77. The minimum atomic E-state index is 0.704. The molecular weight excluding hydrogens is 284 g/mol. The lowest BCUT2D eigenvalue weighted by Gasteiger charge is -2.27. The summed E-state index contributed by atoms with van der Waals surface area (Å²) in [5.41, 5.74) is 1.41.